The molecule has 2 rings (SSSR count). The lowest BCUT2D eigenvalue weighted by Gasteiger charge is -2.29. The van der Waals surface area contributed by atoms with Crippen molar-refractivity contribution in [3.05, 3.63) is 71.3 Å². The Hall–Kier alpha value is -2.61. The number of nitrogens with zero attached hydrogens (tertiary/aromatic N) is 1. The molecule has 0 radical (unpaired) electrons. The minimum Gasteiger partial charge on any atom is -0.294 e. The smallest absolute Gasteiger partial charge is 0.294 e. The van der Waals surface area contributed by atoms with E-state index in [9.17, 15) is 23.2 Å². The van der Waals surface area contributed by atoms with E-state index in [4.69, 9.17) is 0 Å². The van der Waals surface area contributed by atoms with Crippen LogP contribution in [0.5, 0.6) is 0 Å². The first-order valence-electron chi connectivity index (χ1n) is 6.93. The fourth-order valence-electron chi connectivity index (χ4n) is 2.34. The predicted octanol–water partition coefficient (Wildman–Crippen LogP) is 4.59. The Balaban J connectivity index is 2.46. The first-order valence-corrected chi connectivity index (χ1v) is 6.93. The summed E-state index contributed by atoms with van der Waals surface area (Å²) in [5.74, 6) is -0.715. The fourth-order valence-corrected chi connectivity index (χ4v) is 2.34. The standard InChI is InChI=1S/C18H14F3NO/c1-13-7-9-14(10-8-13)16(23)11-17(12-22,18(19,20)21)15-5-3-2-4-6-15/h2-10H,11H2,1H3/t17-/m0/s1. The predicted molar refractivity (Wildman–Crippen MR) is 79.9 cm³/mol. The highest BCUT2D eigenvalue weighted by Crippen LogP contribution is 2.44. The monoisotopic (exact) mass is 317 g/mol. The second kappa shape index (κ2) is 6.25. The maximum absolute atomic E-state index is 13.6. The van der Waals surface area contributed by atoms with Crippen molar-refractivity contribution in [3.63, 3.8) is 0 Å². The second-order valence-corrected chi connectivity index (χ2v) is 5.35. The summed E-state index contributed by atoms with van der Waals surface area (Å²) in [4.78, 5) is 12.3. The largest absolute Gasteiger partial charge is 0.411 e. The van der Waals surface area contributed by atoms with E-state index in [2.05, 4.69) is 0 Å². The number of benzene rings is 2. The van der Waals surface area contributed by atoms with Gasteiger partial charge in [-0.3, -0.25) is 4.79 Å². The van der Waals surface area contributed by atoms with Gasteiger partial charge in [0.2, 0.25) is 0 Å². The van der Waals surface area contributed by atoms with Crippen LogP contribution >= 0.6 is 0 Å². The Morgan fingerprint density at radius 2 is 1.61 bits per heavy atom. The molecule has 2 nitrogen and oxygen atoms in total. The molecular formula is C18H14F3NO. The highest BCUT2D eigenvalue weighted by molar-refractivity contribution is 5.97. The van der Waals surface area contributed by atoms with E-state index in [-0.39, 0.29) is 11.1 Å². The van der Waals surface area contributed by atoms with Gasteiger partial charge in [-0.05, 0) is 12.5 Å². The first-order chi connectivity index (χ1) is 10.8. The summed E-state index contributed by atoms with van der Waals surface area (Å²) in [6.45, 7) is 1.81. The summed E-state index contributed by atoms with van der Waals surface area (Å²) in [6.07, 6.45) is -5.80. The lowest BCUT2D eigenvalue weighted by molar-refractivity contribution is -0.172. The van der Waals surface area contributed by atoms with Gasteiger partial charge in [0.1, 0.15) is 0 Å². The number of rotatable bonds is 4. The molecule has 0 saturated carbocycles. The van der Waals surface area contributed by atoms with Crippen molar-refractivity contribution in [2.75, 3.05) is 0 Å². The van der Waals surface area contributed by atoms with Crippen LogP contribution in [0.1, 0.15) is 27.9 Å². The van der Waals surface area contributed by atoms with Gasteiger partial charge < -0.3 is 0 Å². The molecule has 0 amide bonds. The number of carbonyl (C=O) groups excluding carboxylic acids is 1. The minimum absolute atomic E-state index is 0.162. The van der Waals surface area contributed by atoms with Crippen molar-refractivity contribution in [1.29, 1.82) is 5.26 Å². The molecule has 0 fully saturated rings. The zero-order valence-corrected chi connectivity index (χ0v) is 12.4. The van der Waals surface area contributed by atoms with E-state index in [0.717, 1.165) is 5.56 Å². The average molecular weight is 317 g/mol. The summed E-state index contributed by atoms with van der Waals surface area (Å²) in [7, 11) is 0. The Labute approximate surface area is 132 Å². The number of hydrogen-bond acceptors (Lipinski definition) is 2. The number of carbonyl (C=O) groups is 1. The van der Waals surface area contributed by atoms with Gasteiger partial charge in [0.15, 0.2) is 11.2 Å². The van der Waals surface area contributed by atoms with E-state index in [1.54, 1.807) is 18.2 Å². The van der Waals surface area contributed by atoms with Gasteiger partial charge in [0, 0.05) is 12.0 Å². The summed E-state index contributed by atoms with van der Waals surface area (Å²) < 4.78 is 40.9. The molecule has 2 aromatic rings. The number of halogens is 3. The van der Waals surface area contributed by atoms with Gasteiger partial charge in [-0.15, -0.1) is 0 Å². The SMILES string of the molecule is Cc1ccc(C(=O)C[C@](C#N)(c2ccccc2)C(F)(F)F)cc1. The van der Waals surface area contributed by atoms with Gasteiger partial charge in [-0.1, -0.05) is 60.2 Å². The zero-order chi connectivity index (χ0) is 17.1. The number of ketones is 1. The molecule has 0 bridgehead atoms. The van der Waals surface area contributed by atoms with Gasteiger partial charge in [0.25, 0.3) is 0 Å². The topological polar surface area (TPSA) is 40.9 Å². The third-order valence-corrected chi connectivity index (χ3v) is 3.74. The minimum atomic E-state index is -4.86. The molecular weight excluding hydrogens is 303 g/mol. The number of hydrogen-bond donors (Lipinski definition) is 0. The summed E-state index contributed by atoms with van der Waals surface area (Å²) in [6, 6.07) is 14.4. The van der Waals surface area contributed by atoms with Crippen LogP contribution in [-0.2, 0) is 5.41 Å². The molecule has 1 atom stereocenters. The van der Waals surface area contributed by atoms with Crippen LogP contribution < -0.4 is 0 Å². The summed E-state index contributed by atoms with van der Waals surface area (Å²) >= 11 is 0. The van der Waals surface area contributed by atoms with Crippen molar-refractivity contribution < 1.29 is 18.0 Å². The van der Waals surface area contributed by atoms with Crippen LogP contribution in [0.3, 0.4) is 0 Å². The van der Waals surface area contributed by atoms with Crippen LogP contribution in [0.4, 0.5) is 13.2 Å². The van der Waals surface area contributed by atoms with Crippen LogP contribution in [0.2, 0.25) is 0 Å². The highest BCUT2D eigenvalue weighted by Gasteiger charge is 2.57. The lowest BCUT2D eigenvalue weighted by Crippen LogP contribution is -2.43. The summed E-state index contributed by atoms with van der Waals surface area (Å²) in [5.41, 5.74) is -2.02. The van der Waals surface area contributed by atoms with Gasteiger partial charge in [-0.2, -0.15) is 18.4 Å². The van der Waals surface area contributed by atoms with Crippen molar-refractivity contribution in [2.45, 2.75) is 24.9 Å². The normalized spacial score (nSPS) is 13.9. The Bertz CT molecular complexity index is 730. The van der Waals surface area contributed by atoms with Crippen LogP contribution in [0.25, 0.3) is 0 Å². The molecule has 0 unspecified atom stereocenters. The Kier molecular flexibility index (Phi) is 4.55. The van der Waals surface area contributed by atoms with Crippen molar-refractivity contribution in [1.82, 2.24) is 0 Å². The van der Waals surface area contributed by atoms with E-state index < -0.39 is 23.8 Å². The fraction of sp³-hybridized carbons (Fsp3) is 0.222. The van der Waals surface area contributed by atoms with Crippen LogP contribution in [0, 0.1) is 18.3 Å². The highest BCUT2D eigenvalue weighted by atomic mass is 19.4. The molecule has 0 aliphatic carbocycles. The van der Waals surface area contributed by atoms with Gasteiger partial charge in [0.05, 0.1) is 6.07 Å². The molecule has 118 valence electrons. The number of nitriles is 1. The molecule has 0 aromatic heterocycles. The third kappa shape index (κ3) is 3.26. The maximum atomic E-state index is 13.6. The van der Waals surface area contributed by atoms with E-state index in [1.165, 1.54) is 42.5 Å². The van der Waals surface area contributed by atoms with Crippen molar-refractivity contribution in [2.24, 2.45) is 0 Å². The Morgan fingerprint density at radius 1 is 1.04 bits per heavy atom. The third-order valence-electron chi connectivity index (χ3n) is 3.74. The molecule has 5 heteroatoms. The molecule has 0 heterocycles. The molecule has 2 aromatic carbocycles. The molecule has 0 saturated heterocycles. The van der Waals surface area contributed by atoms with Crippen molar-refractivity contribution >= 4 is 5.78 Å². The zero-order valence-electron chi connectivity index (χ0n) is 12.4. The first kappa shape index (κ1) is 16.8. The van der Waals surface area contributed by atoms with Gasteiger partial charge in [-0.25, -0.2) is 0 Å². The molecule has 23 heavy (non-hydrogen) atoms. The van der Waals surface area contributed by atoms with Crippen LogP contribution in [0.15, 0.2) is 54.6 Å². The van der Waals surface area contributed by atoms with E-state index >= 15 is 0 Å². The summed E-state index contributed by atoms with van der Waals surface area (Å²) in [5, 5.41) is 9.28. The second-order valence-electron chi connectivity index (χ2n) is 5.35. The number of aryl methyl sites for hydroxylation is 1. The molecule has 0 N–H and O–H groups in total. The average Bonchev–Trinajstić information content (AvgIpc) is 2.52. The molecule has 0 aliphatic rings. The van der Waals surface area contributed by atoms with E-state index in [1.807, 2.05) is 6.92 Å². The number of alkyl halides is 3. The molecule has 0 spiro atoms. The molecule has 0 aliphatic heterocycles. The quantitative estimate of drug-likeness (QED) is 0.774. The number of Topliss-reactive ketones (excluding diaryl/α,β-unsaturated/α-hetero) is 1. The maximum Gasteiger partial charge on any atom is 0.411 e. The Morgan fingerprint density at radius 3 is 2.09 bits per heavy atom. The van der Waals surface area contributed by atoms with Crippen LogP contribution in [-0.4, -0.2) is 12.0 Å². The van der Waals surface area contributed by atoms with E-state index in [0.29, 0.717) is 0 Å². The van der Waals surface area contributed by atoms with Crippen molar-refractivity contribution in [3.8, 4) is 6.07 Å². The lowest BCUT2D eigenvalue weighted by atomic mass is 9.76. The van der Waals surface area contributed by atoms with Gasteiger partial charge >= 0.3 is 6.18 Å².